The summed E-state index contributed by atoms with van der Waals surface area (Å²) in [6, 6.07) is 8.39. The number of hydrogen-bond donors (Lipinski definition) is 0. The molecule has 1 unspecified atom stereocenters. The Morgan fingerprint density at radius 2 is 1.41 bits per heavy atom. The SMILES string of the molecule is CC[B-](CC)(CC)C(C)c1ccc(Cl)cc1.[Li+]. The predicted molar refractivity (Wildman–Crippen MR) is 77.1 cm³/mol. The Morgan fingerprint density at radius 3 is 1.76 bits per heavy atom. The quantitative estimate of drug-likeness (QED) is 0.698. The third kappa shape index (κ3) is 3.82. The van der Waals surface area contributed by atoms with Crippen LogP contribution in [0.15, 0.2) is 24.3 Å². The van der Waals surface area contributed by atoms with Gasteiger partial charge in [0.15, 0.2) is 0 Å². The van der Waals surface area contributed by atoms with Gasteiger partial charge in [0.05, 0.1) is 0 Å². The zero-order valence-electron chi connectivity index (χ0n) is 12.0. The molecule has 0 aliphatic rings. The summed E-state index contributed by atoms with van der Waals surface area (Å²) in [5.41, 5.74) is 1.44. The molecule has 0 aliphatic carbocycles. The molecule has 0 radical (unpaired) electrons. The fourth-order valence-electron chi connectivity index (χ4n) is 3.10. The second-order valence-electron chi connectivity index (χ2n) is 5.14. The fourth-order valence-corrected chi connectivity index (χ4v) is 3.23. The summed E-state index contributed by atoms with van der Waals surface area (Å²) in [4.78, 5) is 0. The number of rotatable bonds is 5. The van der Waals surface area contributed by atoms with E-state index >= 15 is 0 Å². The molecular formula is C14H23BClLi. The number of hydrogen-bond acceptors (Lipinski definition) is 0. The maximum absolute atomic E-state index is 5.94. The van der Waals surface area contributed by atoms with Crippen LogP contribution in [-0.4, -0.2) is 6.15 Å². The summed E-state index contributed by atoms with van der Waals surface area (Å²) < 4.78 is 0. The summed E-state index contributed by atoms with van der Waals surface area (Å²) in [5.74, 6) is 0.664. The van der Waals surface area contributed by atoms with Crippen molar-refractivity contribution in [1.29, 1.82) is 0 Å². The molecule has 1 rings (SSSR count). The zero-order valence-corrected chi connectivity index (χ0v) is 12.7. The minimum absolute atomic E-state index is 0. The Bertz CT molecular complexity index is 311. The van der Waals surface area contributed by atoms with Crippen LogP contribution in [0.1, 0.15) is 39.1 Å². The standard InChI is InChI=1S/C14H23BCl.Li/c1-5-15(6-2,7-3)12(4)13-8-10-14(16)11-9-13;/h8-12H,5-7H2,1-4H3;/q-1;+1. The first kappa shape index (κ1) is 17.2. The van der Waals surface area contributed by atoms with Gasteiger partial charge in [0.2, 0.25) is 0 Å². The number of benzene rings is 1. The summed E-state index contributed by atoms with van der Waals surface area (Å²) in [7, 11) is 0. The Balaban J connectivity index is 0.00000256. The van der Waals surface area contributed by atoms with Crippen LogP contribution in [0.3, 0.4) is 0 Å². The molecule has 0 heterocycles. The Labute approximate surface area is 124 Å². The Kier molecular flexibility index (Phi) is 7.65. The van der Waals surface area contributed by atoms with Gasteiger partial charge in [-0.15, -0.1) is 5.82 Å². The zero-order chi connectivity index (χ0) is 12.2. The van der Waals surface area contributed by atoms with Crippen LogP contribution in [0.4, 0.5) is 0 Å². The van der Waals surface area contributed by atoms with Crippen LogP contribution in [-0.2, 0) is 0 Å². The van der Waals surface area contributed by atoms with Crippen molar-refractivity contribution in [3.63, 3.8) is 0 Å². The molecule has 0 aromatic heterocycles. The molecule has 17 heavy (non-hydrogen) atoms. The summed E-state index contributed by atoms with van der Waals surface area (Å²) in [6.45, 7) is 9.37. The molecule has 0 spiro atoms. The van der Waals surface area contributed by atoms with E-state index in [0.717, 1.165) is 5.02 Å². The van der Waals surface area contributed by atoms with Gasteiger partial charge in [-0.25, -0.2) is 0 Å². The minimum Gasteiger partial charge on any atom is -0.180 e. The molecule has 1 aromatic rings. The van der Waals surface area contributed by atoms with Crippen LogP contribution >= 0.6 is 11.6 Å². The van der Waals surface area contributed by atoms with Crippen molar-refractivity contribution < 1.29 is 18.9 Å². The maximum atomic E-state index is 5.94. The van der Waals surface area contributed by atoms with Gasteiger partial charge in [-0.2, -0.15) is 19.0 Å². The molecule has 0 aliphatic heterocycles. The average molecular weight is 245 g/mol. The van der Waals surface area contributed by atoms with Gasteiger partial charge < -0.3 is 0 Å². The molecule has 1 aromatic carbocycles. The fraction of sp³-hybridized carbons (Fsp3) is 0.571. The smallest absolute Gasteiger partial charge is 0.180 e. The van der Waals surface area contributed by atoms with E-state index in [-0.39, 0.29) is 25.0 Å². The van der Waals surface area contributed by atoms with Crippen molar-refractivity contribution in [2.75, 3.05) is 0 Å². The molecule has 0 nitrogen and oxygen atoms in total. The predicted octanol–water partition coefficient (Wildman–Crippen LogP) is 2.50. The van der Waals surface area contributed by atoms with Gasteiger partial charge in [0, 0.05) is 11.2 Å². The van der Waals surface area contributed by atoms with Crippen molar-refractivity contribution in [3.8, 4) is 0 Å². The van der Waals surface area contributed by atoms with E-state index in [1.54, 1.807) is 0 Å². The van der Waals surface area contributed by atoms with E-state index in [2.05, 4.69) is 39.8 Å². The van der Waals surface area contributed by atoms with Crippen LogP contribution in [0.25, 0.3) is 0 Å². The van der Waals surface area contributed by atoms with Crippen molar-refractivity contribution in [3.05, 3.63) is 34.9 Å². The van der Waals surface area contributed by atoms with E-state index in [4.69, 9.17) is 11.6 Å². The van der Waals surface area contributed by atoms with Crippen LogP contribution in [0.5, 0.6) is 0 Å². The van der Waals surface area contributed by atoms with Crippen molar-refractivity contribution in [1.82, 2.24) is 0 Å². The van der Waals surface area contributed by atoms with Gasteiger partial charge >= 0.3 is 18.9 Å². The van der Waals surface area contributed by atoms with Gasteiger partial charge in [0.1, 0.15) is 0 Å². The molecule has 0 saturated heterocycles. The van der Waals surface area contributed by atoms with E-state index in [9.17, 15) is 0 Å². The third-order valence-corrected chi connectivity index (χ3v) is 5.15. The summed E-state index contributed by atoms with van der Waals surface area (Å²) in [5, 5.41) is 0.832. The maximum Gasteiger partial charge on any atom is 1.00 e. The molecule has 3 heteroatoms. The molecule has 0 fully saturated rings. The van der Waals surface area contributed by atoms with Gasteiger partial charge in [-0.3, -0.25) is 0 Å². The van der Waals surface area contributed by atoms with Crippen LogP contribution < -0.4 is 18.9 Å². The minimum atomic E-state index is -0.264. The van der Waals surface area contributed by atoms with Crippen LogP contribution in [0, 0.1) is 0 Å². The summed E-state index contributed by atoms with van der Waals surface area (Å²) in [6.07, 6.45) is 3.64. The van der Waals surface area contributed by atoms with E-state index < -0.39 is 0 Å². The number of halogens is 1. The molecule has 0 saturated carbocycles. The van der Waals surface area contributed by atoms with E-state index in [1.165, 1.54) is 24.5 Å². The first-order chi connectivity index (χ1) is 7.59. The molecular weight excluding hydrogens is 221 g/mol. The Hall–Kier alpha value is 0.172. The third-order valence-electron chi connectivity index (χ3n) is 4.90. The average Bonchev–Trinajstić information content (AvgIpc) is 2.33. The Morgan fingerprint density at radius 1 is 1.00 bits per heavy atom. The molecule has 0 amide bonds. The van der Waals surface area contributed by atoms with E-state index in [1.807, 2.05) is 12.1 Å². The molecule has 90 valence electrons. The normalized spacial score (nSPS) is 13.0. The largest absolute Gasteiger partial charge is 1.00 e. The molecule has 0 bridgehead atoms. The van der Waals surface area contributed by atoms with Crippen molar-refractivity contribution in [2.45, 2.75) is 52.5 Å². The first-order valence-electron chi connectivity index (χ1n) is 6.56. The second-order valence-corrected chi connectivity index (χ2v) is 5.57. The van der Waals surface area contributed by atoms with Crippen LogP contribution in [0.2, 0.25) is 24.0 Å². The monoisotopic (exact) mass is 244 g/mol. The van der Waals surface area contributed by atoms with E-state index in [0.29, 0.717) is 5.82 Å². The van der Waals surface area contributed by atoms with Gasteiger partial charge in [-0.05, 0) is 12.1 Å². The topological polar surface area (TPSA) is 0 Å². The second kappa shape index (κ2) is 7.57. The van der Waals surface area contributed by atoms with Crippen molar-refractivity contribution in [2.24, 2.45) is 0 Å². The van der Waals surface area contributed by atoms with Gasteiger partial charge in [0.25, 0.3) is 0 Å². The first-order valence-corrected chi connectivity index (χ1v) is 6.93. The van der Waals surface area contributed by atoms with Crippen molar-refractivity contribution >= 4 is 17.7 Å². The summed E-state index contributed by atoms with van der Waals surface area (Å²) >= 11 is 5.94. The molecule has 0 N–H and O–H groups in total. The molecule has 1 atom stereocenters. The van der Waals surface area contributed by atoms with Gasteiger partial charge in [-0.1, -0.05) is 57.0 Å².